The van der Waals surface area contributed by atoms with Crippen molar-refractivity contribution in [2.24, 2.45) is 0 Å². The molecule has 100 valence electrons. The van der Waals surface area contributed by atoms with Crippen LogP contribution in [0, 0.1) is 0 Å². The summed E-state index contributed by atoms with van der Waals surface area (Å²) in [5, 5.41) is 0. The standard InChI is InChI=1S/C17H22N2/c1-13-7-6-10-17-16(13,11-12-18(17)2)14-8-4-5-9-15(14)19(17)3/h4-5,8-9H,1,6-7,10-12H2,2-3H3/t16-,17-/m0/s1. The Morgan fingerprint density at radius 3 is 2.79 bits per heavy atom. The lowest BCUT2D eigenvalue weighted by Crippen LogP contribution is -2.63. The van der Waals surface area contributed by atoms with E-state index in [4.69, 9.17) is 0 Å². The Labute approximate surface area is 115 Å². The highest BCUT2D eigenvalue weighted by Gasteiger charge is 2.67. The van der Waals surface area contributed by atoms with E-state index >= 15 is 0 Å². The van der Waals surface area contributed by atoms with Crippen molar-refractivity contribution in [3.63, 3.8) is 0 Å². The quantitative estimate of drug-likeness (QED) is 0.656. The summed E-state index contributed by atoms with van der Waals surface area (Å²) in [6, 6.07) is 8.98. The zero-order valence-corrected chi connectivity index (χ0v) is 11.9. The van der Waals surface area contributed by atoms with Crippen LogP contribution in [0.4, 0.5) is 5.69 Å². The molecule has 2 aliphatic heterocycles. The molecule has 0 bridgehead atoms. The van der Waals surface area contributed by atoms with Gasteiger partial charge in [0.2, 0.25) is 0 Å². The first-order valence-electron chi connectivity index (χ1n) is 7.37. The van der Waals surface area contributed by atoms with Crippen LogP contribution in [0.3, 0.4) is 0 Å². The lowest BCUT2D eigenvalue weighted by Gasteiger charge is -2.52. The molecule has 0 radical (unpaired) electrons. The Morgan fingerprint density at radius 2 is 1.95 bits per heavy atom. The molecule has 1 aromatic rings. The summed E-state index contributed by atoms with van der Waals surface area (Å²) in [5.41, 5.74) is 4.71. The third kappa shape index (κ3) is 1.02. The Bertz CT molecular complexity index is 564. The largest absolute Gasteiger partial charge is 0.355 e. The van der Waals surface area contributed by atoms with Gasteiger partial charge in [0.25, 0.3) is 0 Å². The molecule has 0 amide bonds. The average molecular weight is 254 g/mol. The molecular weight excluding hydrogens is 232 g/mol. The van der Waals surface area contributed by atoms with Gasteiger partial charge in [-0.2, -0.15) is 0 Å². The van der Waals surface area contributed by atoms with E-state index in [1.165, 1.54) is 49.1 Å². The van der Waals surface area contributed by atoms with Crippen LogP contribution < -0.4 is 4.90 Å². The number of anilines is 1. The zero-order chi connectivity index (χ0) is 13.3. The lowest BCUT2D eigenvalue weighted by atomic mass is 9.61. The highest BCUT2D eigenvalue weighted by Crippen LogP contribution is 2.64. The van der Waals surface area contributed by atoms with Gasteiger partial charge in [-0.25, -0.2) is 0 Å². The van der Waals surface area contributed by atoms with Crippen LogP contribution in [0.1, 0.15) is 31.2 Å². The Balaban J connectivity index is 2.06. The summed E-state index contributed by atoms with van der Waals surface area (Å²) >= 11 is 0. The number of likely N-dealkylation sites (tertiary alicyclic amines) is 1. The van der Waals surface area contributed by atoms with Crippen molar-refractivity contribution in [3.8, 4) is 0 Å². The summed E-state index contributed by atoms with van der Waals surface area (Å²) < 4.78 is 0. The molecule has 3 aliphatic rings. The normalized spacial score (nSPS) is 37.2. The fraction of sp³-hybridized carbons (Fsp3) is 0.529. The van der Waals surface area contributed by atoms with Crippen LogP contribution in [-0.2, 0) is 5.41 Å². The second-order valence-electron chi connectivity index (χ2n) is 6.43. The van der Waals surface area contributed by atoms with Crippen molar-refractivity contribution >= 4 is 5.69 Å². The van der Waals surface area contributed by atoms with Gasteiger partial charge >= 0.3 is 0 Å². The molecule has 2 fully saturated rings. The average Bonchev–Trinajstić information content (AvgIpc) is 2.86. The van der Waals surface area contributed by atoms with Gasteiger partial charge in [0.1, 0.15) is 5.66 Å². The molecule has 2 heterocycles. The number of nitrogens with zero attached hydrogens (tertiary/aromatic N) is 2. The second kappa shape index (κ2) is 3.43. The van der Waals surface area contributed by atoms with Gasteiger partial charge < -0.3 is 4.90 Å². The Morgan fingerprint density at radius 1 is 1.16 bits per heavy atom. The van der Waals surface area contributed by atoms with Crippen LogP contribution in [0.25, 0.3) is 0 Å². The molecule has 2 heteroatoms. The third-order valence-electron chi connectivity index (χ3n) is 6.02. The van der Waals surface area contributed by atoms with E-state index in [0.29, 0.717) is 0 Å². The first-order chi connectivity index (χ1) is 9.14. The first-order valence-corrected chi connectivity index (χ1v) is 7.37. The molecule has 1 saturated carbocycles. The van der Waals surface area contributed by atoms with E-state index in [-0.39, 0.29) is 11.1 Å². The molecule has 0 unspecified atom stereocenters. The predicted octanol–water partition coefficient (Wildman–Crippen LogP) is 3.15. The number of hydrogen-bond acceptors (Lipinski definition) is 2. The van der Waals surface area contributed by atoms with Gasteiger partial charge in [-0.1, -0.05) is 30.4 Å². The van der Waals surface area contributed by atoms with E-state index < -0.39 is 0 Å². The summed E-state index contributed by atoms with van der Waals surface area (Å²) in [7, 11) is 4.57. The molecule has 0 spiro atoms. The predicted molar refractivity (Wildman–Crippen MR) is 79.5 cm³/mol. The van der Waals surface area contributed by atoms with E-state index in [1.54, 1.807) is 0 Å². The maximum Gasteiger partial charge on any atom is 0.106 e. The maximum absolute atomic E-state index is 4.50. The molecule has 0 N–H and O–H groups in total. The van der Waals surface area contributed by atoms with Gasteiger partial charge in [-0.15, -0.1) is 0 Å². The van der Waals surface area contributed by atoms with E-state index in [0.717, 1.165) is 0 Å². The maximum atomic E-state index is 4.50. The van der Waals surface area contributed by atoms with Crippen LogP contribution in [0.15, 0.2) is 36.4 Å². The van der Waals surface area contributed by atoms with Crippen LogP contribution in [0.2, 0.25) is 0 Å². The van der Waals surface area contributed by atoms with Crippen molar-refractivity contribution in [1.29, 1.82) is 0 Å². The molecular formula is C17H22N2. The highest BCUT2D eigenvalue weighted by molar-refractivity contribution is 5.70. The Kier molecular flexibility index (Phi) is 2.08. The van der Waals surface area contributed by atoms with Crippen molar-refractivity contribution in [1.82, 2.24) is 4.90 Å². The summed E-state index contributed by atoms with van der Waals surface area (Å²) in [6.45, 7) is 5.68. The number of fused-ring (bicyclic) bond motifs is 1. The minimum atomic E-state index is 0.145. The van der Waals surface area contributed by atoms with Gasteiger partial charge in [0.05, 0.1) is 5.41 Å². The zero-order valence-electron chi connectivity index (χ0n) is 11.9. The van der Waals surface area contributed by atoms with Gasteiger partial charge in [-0.3, -0.25) is 4.90 Å². The summed E-state index contributed by atoms with van der Waals surface area (Å²) in [5.74, 6) is 0. The number of benzene rings is 1. The van der Waals surface area contributed by atoms with E-state index in [1.807, 2.05) is 0 Å². The molecule has 1 saturated heterocycles. The summed E-state index contributed by atoms with van der Waals surface area (Å²) in [6.07, 6.45) is 4.94. The Hall–Kier alpha value is -1.28. The molecule has 1 aliphatic carbocycles. The fourth-order valence-electron chi connectivity index (χ4n) is 5.25. The smallest absolute Gasteiger partial charge is 0.106 e. The van der Waals surface area contributed by atoms with Crippen molar-refractivity contribution in [2.45, 2.75) is 36.8 Å². The molecule has 0 aromatic heterocycles. The monoisotopic (exact) mass is 254 g/mol. The SMILES string of the molecule is C=C1CCC[C@@]23N(C)CC[C@@]12c1ccccc1N3C. The van der Waals surface area contributed by atoms with Crippen LogP contribution in [-0.4, -0.2) is 31.2 Å². The van der Waals surface area contributed by atoms with Crippen molar-refractivity contribution in [2.75, 3.05) is 25.5 Å². The van der Waals surface area contributed by atoms with Gasteiger partial charge in [-0.05, 0) is 44.4 Å². The number of rotatable bonds is 0. The van der Waals surface area contributed by atoms with E-state index in [2.05, 4.69) is 54.7 Å². The number of likely N-dealkylation sites (N-methyl/N-ethyl adjacent to an activating group) is 2. The van der Waals surface area contributed by atoms with Crippen molar-refractivity contribution < 1.29 is 0 Å². The minimum absolute atomic E-state index is 0.145. The minimum Gasteiger partial charge on any atom is -0.355 e. The molecule has 2 nitrogen and oxygen atoms in total. The third-order valence-corrected chi connectivity index (χ3v) is 6.02. The first kappa shape index (κ1) is 11.5. The van der Waals surface area contributed by atoms with Crippen LogP contribution in [0.5, 0.6) is 0 Å². The highest BCUT2D eigenvalue weighted by atomic mass is 15.4. The molecule has 2 atom stereocenters. The fourth-order valence-corrected chi connectivity index (χ4v) is 5.25. The van der Waals surface area contributed by atoms with E-state index in [9.17, 15) is 0 Å². The molecule has 19 heavy (non-hydrogen) atoms. The number of para-hydroxylation sites is 1. The second-order valence-corrected chi connectivity index (χ2v) is 6.43. The van der Waals surface area contributed by atoms with Gasteiger partial charge in [0, 0.05) is 19.3 Å². The molecule has 1 aromatic carbocycles. The van der Waals surface area contributed by atoms with Crippen molar-refractivity contribution in [3.05, 3.63) is 42.0 Å². The summed E-state index contributed by atoms with van der Waals surface area (Å²) in [4.78, 5) is 5.12. The molecule has 4 rings (SSSR count). The van der Waals surface area contributed by atoms with Gasteiger partial charge in [0.15, 0.2) is 0 Å². The lowest BCUT2D eigenvalue weighted by molar-refractivity contribution is 0.103. The number of hydrogen-bond donors (Lipinski definition) is 0. The van der Waals surface area contributed by atoms with Crippen LogP contribution >= 0.6 is 0 Å². The topological polar surface area (TPSA) is 6.48 Å².